The van der Waals surface area contributed by atoms with Gasteiger partial charge in [-0.05, 0) is 55.0 Å². The molecular weight excluding hydrogens is 378 g/mol. The van der Waals surface area contributed by atoms with Gasteiger partial charge in [0.05, 0.1) is 0 Å². The number of carbonyl (C=O) groups is 3. The Labute approximate surface area is 167 Å². The minimum Gasteiger partial charge on any atom is -0.324 e. The summed E-state index contributed by atoms with van der Waals surface area (Å²) in [7, 11) is 0. The van der Waals surface area contributed by atoms with Crippen LogP contribution in [-0.2, 0) is 21.5 Å². The van der Waals surface area contributed by atoms with Gasteiger partial charge < -0.3 is 10.6 Å². The predicted molar refractivity (Wildman–Crippen MR) is 106 cm³/mol. The molecule has 1 fully saturated rings. The van der Waals surface area contributed by atoms with Crippen molar-refractivity contribution in [2.45, 2.75) is 31.7 Å². The Balaban J connectivity index is 1.56. The molecule has 1 aliphatic heterocycles. The molecule has 2 aliphatic rings. The number of nitrogens with one attached hydrogen (secondary N) is 2. The van der Waals surface area contributed by atoms with Crippen LogP contribution in [0.3, 0.4) is 0 Å². The highest BCUT2D eigenvalue weighted by Gasteiger charge is 2.54. The molecule has 4 amide bonds. The maximum absolute atomic E-state index is 13.2. The molecule has 1 heterocycles. The zero-order valence-corrected chi connectivity index (χ0v) is 16.2. The number of rotatable bonds is 3. The van der Waals surface area contributed by atoms with Gasteiger partial charge in [0, 0.05) is 10.7 Å². The molecule has 6 nitrogen and oxygen atoms in total. The Morgan fingerprint density at radius 3 is 2.82 bits per heavy atom. The molecule has 2 N–H and O–H groups in total. The second-order valence-corrected chi connectivity index (χ2v) is 7.61. The number of imide groups is 1. The Morgan fingerprint density at radius 2 is 2.00 bits per heavy atom. The van der Waals surface area contributed by atoms with Gasteiger partial charge in [0.1, 0.15) is 12.1 Å². The Bertz CT molecular complexity index is 991. The molecule has 2 aromatic rings. The molecule has 1 atom stereocenters. The molecule has 1 saturated heterocycles. The van der Waals surface area contributed by atoms with Crippen molar-refractivity contribution in [1.82, 2.24) is 10.2 Å². The van der Waals surface area contributed by atoms with E-state index in [0.717, 1.165) is 34.4 Å². The van der Waals surface area contributed by atoms with Crippen molar-refractivity contribution in [1.29, 1.82) is 0 Å². The monoisotopic (exact) mass is 397 g/mol. The number of anilines is 1. The third kappa shape index (κ3) is 2.94. The topological polar surface area (TPSA) is 78.5 Å². The largest absolute Gasteiger partial charge is 0.325 e. The lowest BCUT2D eigenvalue weighted by molar-refractivity contribution is -0.134. The molecule has 1 spiro atoms. The van der Waals surface area contributed by atoms with Crippen LogP contribution in [0.15, 0.2) is 42.5 Å². The van der Waals surface area contributed by atoms with Crippen LogP contribution in [0.1, 0.15) is 29.5 Å². The van der Waals surface area contributed by atoms with Gasteiger partial charge in [-0.15, -0.1) is 0 Å². The van der Waals surface area contributed by atoms with E-state index in [0.29, 0.717) is 17.1 Å². The van der Waals surface area contributed by atoms with Gasteiger partial charge >= 0.3 is 6.03 Å². The van der Waals surface area contributed by atoms with Crippen LogP contribution >= 0.6 is 11.6 Å². The number of benzene rings is 2. The number of carbonyl (C=O) groups excluding carboxylic acids is 3. The summed E-state index contributed by atoms with van der Waals surface area (Å²) in [5.74, 6) is -0.822. The van der Waals surface area contributed by atoms with Crippen molar-refractivity contribution in [3.8, 4) is 0 Å². The molecule has 0 unspecified atom stereocenters. The van der Waals surface area contributed by atoms with Crippen molar-refractivity contribution in [3.63, 3.8) is 0 Å². The van der Waals surface area contributed by atoms with Gasteiger partial charge in [-0.1, -0.05) is 41.9 Å². The minimum atomic E-state index is -1.07. The molecule has 0 bridgehead atoms. The summed E-state index contributed by atoms with van der Waals surface area (Å²) in [4.78, 5) is 39.3. The van der Waals surface area contributed by atoms with E-state index in [4.69, 9.17) is 11.6 Å². The average Bonchev–Trinajstić information content (AvgIpc) is 2.91. The summed E-state index contributed by atoms with van der Waals surface area (Å²) < 4.78 is 0. The molecular formula is C21H20ClN3O3. The highest BCUT2D eigenvalue weighted by Crippen LogP contribution is 2.39. The number of fused-ring (bicyclic) bond motifs is 2. The fraction of sp³-hybridized carbons (Fsp3) is 0.286. The molecule has 0 radical (unpaired) electrons. The lowest BCUT2D eigenvalue weighted by Gasteiger charge is -2.33. The van der Waals surface area contributed by atoms with Crippen LogP contribution in [-0.4, -0.2) is 29.3 Å². The quantitative estimate of drug-likeness (QED) is 0.779. The fourth-order valence-electron chi connectivity index (χ4n) is 4.03. The predicted octanol–water partition coefficient (Wildman–Crippen LogP) is 3.37. The zero-order valence-electron chi connectivity index (χ0n) is 15.4. The van der Waals surface area contributed by atoms with Gasteiger partial charge in [-0.2, -0.15) is 0 Å². The van der Waals surface area contributed by atoms with Crippen LogP contribution in [0.25, 0.3) is 0 Å². The van der Waals surface area contributed by atoms with Crippen molar-refractivity contribution in [3.05, 3.63) is 64.2 Å². The molecule has 28 heavy (non-hydrogen) atoms. The van der Waals surface area contributed by atoms with Crippen molar-refractivity contribution in [2.24, 2.45) is 0 Å². The summed E-state index contributed by atoms with van der Waals surface area (Å²) in [6.07, 6.45) is 2.19. The van der Waals surface area contributed by atoms with Gasteiger partial charge in [0.15, 0.2) is 0 Å². The second kappa shape index (κ2) is 6.95. The Kier molecular flexibility index (Phi) is 4.59. The van der Waals surface area contributed by atoms with Gasteiger partial charge in [-0.25, -0.2) is 4.79 Å². The molecule has 1 aliphatic carbocycles. The average molecular weight is 398 g/mol. The minimum absolute atomic E-state index is 0.347. The number of hydrogen-bond acceptors (Lipinski definition) is 3. The standard InChI is InChI=1S/C21H20ClN3O3/c1-13-16(22)9-4-10-17(13)23-18(26)12-25-19(27)21(24-20(25)28)11-5-7-14-6-2-3-8-15(14)21/h2-4,6,8-10H,5,7,11-12H2,1H3,(H,23,26)(H,24,28)/t21-/m1/s1. The van der Waals surface area contributed by atoms with Crippen molar-refractivity contribution >= 4 is 35.1 Å². The van der Waals surface area contributed by atoms with E-state index in [1.54, 1.807) is 25.1 Å². The maximum Gasteiger partial charge on any atom is 0.325 e. The van der Waals surface area contributed by atoms with E-state index in [2.05, 4.69) is 10.6 Å². The summed E-state index contributed by atoms with van der Waals surface area (Å²) in [5.41, 5.74) is 2.10. The Morgan fingerprint density at radius 1 is 1.21 bits per heavy atom. The maximum atomic E-state index is 13.2. The number of halogens is 1. The lowest BCUT2D eigenvalue weighted by Crippen LogP contribution is -2.47. The first-order chi connectivity index (χ1) is 13.4. The Hall–Kier alpha value is -2.86. The molecule has 0 saturated carbocycles. The first kappa shape index (κ1) is 18.5. The molecule has 0 aromatic heterocycles. The third-order valence-corrected chi connectivity index (χ3v) is 5.90. The van der Waals surface area contributed by atoms with Crippen LogP contribution in [0.5, 0.6) is 0 Å². The van der Waals surface area contributed by atoms with Crippen LogP contribution in [0.4, 0.5) is 10.5 Å². The molecule has 4 rings (SSSR count). The first-order valence-electron chi connectivity index (χ1n) is 9.20. The highest BCUT2D eigenvalue weighted by molar-refractivity contribution is 6.31. The van der Waals surface area contributed by atoms with E-state index in [-0.39, 0.29) is 12.5 Å². The van der Waals surface area contributed by atoms with Crippen LogP contribution < -0.4 is 10.6 Å². The molecule has 2 aromatic carbocycles. The normalized spacial score (nSPS) is 20.9. The molecule has 7 heteroatoms. The lowest BCUT2D eigenvalue weighted by atomic mass is 9.76. The smallest absolute Gasteiger partial charge is 0.324 e. The number of amides is 4. The van der Waals surface area contributed by atoms with Crippen LogP contribution in [0, 0.1) is 6.92 Å². The van der Waals surface area contributed by atoms with E-state index in [9.17, 15) is 14.4 Å². The van der Waals surface area contributed by atoms with Gasteiger partial charge in [0.2, 0.25) is 5.91 Å². The van der Waals surface area contributed by atoms with E-state index in [1.165, 1.54) is 0 Å². The number of hydrogen-bond donors (Lipinski definition) is 2. The van der Waals surface area contributed by atoms with Crippen molar-refractivity contribution in [2.75, 3.05) is 11.9 Å². The van der Waals surface area contributed by atoms with E-state index < -0.39 is 17.5 Å². The van der Waals surface area contributed by atoms with Crippen molar-refractivity contribution < 1.29 is 14.4 Å². The van der Waals surface area contributed by atoms with Crippen LogP contribution in [0.2, 0.25) is 5.02 Å². The molecule has 144 valence electrons. The summed E-state index contributed by atoms with van der Waals surface area (Å²) in [6.45, 7) is 1.44. The second-order valence-electron chi connectivity index (χ2n) is 7.20. The highest BCUT2D eigenvalue weighted by atomic mass is 35.5. The number of aryl methyl sites for hydroxylation is 1. The zero-order chi connectivity index (χ0) is 19.9. The number of nitrogens with zero attached hydrogens (tertiary/aromatic N) is 1. The number of urea groups is 1. The summed E-state index contributed by atoms with van der Waals surface area (Å²) >= 11 is 6.08. The van der Waals surface area contributed by atoms with Gasteiger partial charge in [-0.3, -0.25) is 14.5 Å². The summed E-state index contributed by atoms with van der Waals surface area (Å²) in [5, 5.41) is 6.12. The first-order valence-corrected chi connectivity index (χ1v) is 9.57. The SMILES string of the molecule is Cc1c(Cl)cccc1NC(=O)CN1C(=O)N[C@@]2(CCCc3ccccc32)C1=O. The van der Waals surface area contributed by atoms with Gasteiger partial charge in [0.25, 0.3) is 5.91 Å². The van der Waals surface area contributed by atoms with E-state index >= 15 is 0 Å². The summed E-state index contributed by atoms with van der Waals surface area (Å²) in [6, 6.07) is 12.3. The van der Waals surface area contributed by atoms with E-state index in [1.807, 2.05) is 24.3 Å². The third-order valence-electron chi connectivity index (χ3n) is 5.49. The fourth-order valence-corrected chi connectivity index (χ4v) is 4.21.